The van der Waals surface area contributed by atoms with E-state index in [0.717, 1.165) is 17.7 Å². The Kier molecular flexibility index (Phi) is 6.05. The molecule has 1 aliphatic rings. The van der Waals surface area contributed by atoms with Crippen LogP contribution in [0.4, 0.5) is 5.69 Å². The maximum absolute atomic E-state index is 12.6. The van der Waals surface area contributed by atoms with Crippen LogP contribution < -0.4 is 11.1 Å². The van der Waals surface area contributed by atoms with Crippen molar-refractivity contribution in [2.45, 2.75) is 37.9 Å². The van der Waals surface area contributed by atoms with Crippen LogP contribution in [0.25, 0.3) is 0 Å². The molecule has 0 saturated heterocycles. The summed E-state index contributed by atoms with van der Waals surface area (Å²) in [5.41, 5.74) is 11.9. The zero-order valence-corrected chi connectivity index (χ0v) is 18.5. The van der Waals surface area contributed by atoms with E-state index in [0.29, 0.717) is 36.2 Å². The molecule has 3 N–H and O–H groups in total. The van der Waals surface area contributed by atoms with Crippen LogP contribution in [0.2, 0.25) is 0 Å². The minimum absolute atomic E-state index is 0.0702. The molecule has 5 rings (SSSR count). The van der Waals surface area contributed by atoms with Gasteiger partial charge in [-0.25, -0.2) is 0 Å². The summed E-state index contributed by atoms with van der Waals surface area (Å²) in [5, 5.41) is 8.15. The Bertz CT molecular complexity index is 1230. The van der Waals surface area contributed by atoms with Crippen LogP contribution in [-0.2, 0) is 19.5 Å². The summed E-state index contributed by atoms with van der Waals surface area (Å²) in [6.07, 6.45) is 5.52. The Morgan fingerprint density at radius 2 is 1.73 bits per heavy atom. The van der Waals surface area contributed by atoms with Crippen molar-refractivity contribution in [1.82, 2.24) is 15.1 Å². The second kappa shape index (κ2) is 9.43. The molecule has 166 valence electrons. The van der Waals surface area contributed by atoms with Gasteiger partial charge in [0.1, 0.15) is 0 Å². The second-order valence-electron chi connectivity index (χ2n) is 8.78. The third-order valence-electron chi connectivity index (χ3n) is 6.30. The van der Waals surface area contributed by atoms with E-state index in [2.05, 4.69) is 46.9 Å². The number of anilines is 1. The summed E-state index contributed by atoms with van der Waals surface area (Å²) in [7, 11) is 0. The Labute approximate surface area is 194 Å². The highest BCUT2D eigenvalue weighted by Crippen LogP contribution is 2.40. The number of benzene rings is 3. The summed E-state index contributed by atoms with van der Waals surface area (Å²) in [6, 6.07) is 26.5. The molecule has 1 aromatic heterocycles. The third-order valence-corrected chi connectivity index (χ3v) is 6.30. The number of aromatic nitrogens is 2. The molecule has 5 heteroatoms. The lowest BCUT2D eigenvalue weighted by molar-refractivity contribution is 0.0993. The number of hydrogen-bond donors (Lipinski definition) is 2. The fourth-order valence-electron chi connectivity index (χ4n) is 4.28. The first-order valence-electron chi connectivity index (χ1n) is 11.4. The summed E-state index contributed by atoms with van der Waals surface area (Å²) in [5.74, 6) is 0.696. The number of para-hydroxylation sites is 1. The first-order valence-corrected chi connectivity index (χ1v) is 11.4. The van der Waals surface area contributed by atoms with Gasteiger partial charge < -0.3 is 11.1 Å². The molecule has 1 saturated carbocycles. The second-order valence-corrected chi connectivity index (χ2v) is 8.78. The van der Waals surface area contributed by atoms with Gasteiger partial charge in [0.25, 0.3) is 0 Å². The topological polar surface area (TPSA) is 72.9 Å². The van der Waals surface area contributed by atoms with Crippen LogP contribution in [0.1, 0.15) is 45.0 Å². The average Bonchev–Trinajstić information content (AvgIpc) is 3.50. The van der Waals surface area contributed by atoms with Crippen molar-refractivity contribution in [3.63, 3.8) is 0 Å². The lowest BCUT2D eigenvalue weighted by atomic mass is 10.0. The van der Waals surface area contributed by atoms with Crippen LogP contribution in [0.15, 0.2) is 91.3 Å². The van der Waals surface area contributed by atoms with Gasteiger partial charge in [0, 0.05) is 47.9 Å². The average molecular weight is 437 g/mol. The number of hydrogen-bond acceptors (Lipinski definition) is 4. The predicted octanol–water partition coefficient (Wildman–Crippen LogP) is 4.58. The molecule has 0 bridgehead atoms. The number of Topliss-reactive ketones (excluding diaryl/α,β-unsaturated/α-hetero) is 1. The fraction of sp³-hybridized carbons (Fsp3) is 0.214. The lowest BCUT2D eigenvalue weighted by Crippen LogP contribution is -2.16. The Morgan fingerprint density at radius 3 is 2.52 bits per heavy atom. The van der Waals surface area contributed by atoms with E-state index in [1.165, 1.54) is 17.5 Å². The van der Waals surface area contributed by atoms with E-state index in [9.17, 15) is 4.79 Å². The maximum Gasteiger partial charge on any atom is 0.167 e. The van der Waals surface area contributed by atoms with Crippen LogP contribution >= 0.6 is 0 Å². The Balaban J connectivity index is 1.12. The SMILES string of the molecule is Nc1ccccc1CC(=O)c1ccc(Cn2cc(CNC3CC3c3ccccc3)cn2)cc1. The molecule has 4 aromatic rings. The van der Waals surface area contributed by atoms with E-state index in [1.54, 1.807) is 0 Å². The van der Waals surface area contributed by atoms with E-state index in [-0.39, 0.29) is 5.78 Å². The van der Waals surface area contributed by atoms with Crippen LogP contribution in [0.5, 0.6) is 0 Å². The van der Waals surface area contributed by atoms with Crippen LogP contribution in [0, 0.1) is 0 Å². The van der Waals surface area contributed by atoms with E-state index in [4.69, 9.17) is 5.73 Å². The van der Waals surface area contributed by atoms with Gasteiger partial charge in [0.05, 0.1) is 12.7 Å². The Hall–Kier alpha value is -3.70. The predicted molar refractivity (Wildman–Crippen MR) is 131 cm³/mol. The number of rotatable bonds is 9. The molecule has 0 spiro atoms. The number of ketones is 1. The number of nitrogens with one attached hydrogen (secondary N) is 1. The molecule has 0 aliphatic heterocycles. The maximum atomic E-state index is 12.6. The summed E-state index contributed by atoms with van der Waals surface area (Å²) < 4.78 is 1.94. The van der Waals surface area contributed by atoms with E-state index in [1.807, 2.05) is 59.4 Å². The van der Waals surface area contributed by atoms with Crippen molar-refractivity contribution in [3.8, 4) is 0 Å². The molecule has 3 aromatic carbocycles. The zero-order valence-electron chi connectivity index (χ0n) is 18.5. The lowest BCUT2D eigenvalue weighted by Gasteiger charge is -2.06. The highest BCUT2D eigenvalue weighted by atomic mass is 16.1. The monoisotopic (exact) mass is 436 g/mol. The Morgan fingerprint density at radius 1 is 0.970 bits per heavy atom. The third kappa shape index (κ3) is 5.21. The van der Waals surface area contributed by atoms with Crippen molar-refractivity contribution in [3.05, 3.63) is 119 Å². The zero-order chi connectivity index (χ0) is 22.6. The van der Waals surface area contributed by atoms with Crippen molar-refractivity contribution < 1.29 is 4.79 Å². The van der Waals surface area contributed by atoms with Crippen molar-refractivity contribution in [2.75, 3.05) is 5.73 Å². The highest BCUT2D eigenvalue weighted by Gasteiger charge is 2.37. The summed E-state index contributed by atoms with van der Waals surface area (Å²) in [4.78, 5) is 12.6. The number of carbonyl (C=O) groups excluding carboxylic acids is 1. The fourth-order valence-corrected chi connectivity index (χ4v) is 4.28. The number of nitrogens with two attached hydrogens (primary N) is 1. The smallest absolute Gasteiger partial charge is 0.167 e. The van der Waals surface area contributed by atoms with Crippen molar-refractivity contribution in [1.29, 1.82) is 0 Å². The van der Waals surface area contributed by atoms with Crippen LogP contribution in [0.3, 0.4) is 0 Å². The molecular weight excluding hydrogens is 408 g/mol. The van der Waals surface area contributed by atoms with E-state index < -0.39 is 0 Å². The van der Waals surface area contributed by atoms with Gasteiger partial charge in [-0.1, -0.05) is 72.8 Å². The molecular formula is C28H28N4O. The highest BCUT2D eigenvalue weighted by molar-refractivity contribution is 5.98. The van der Waals surface area contributed by atoms with Gasteiger partial charge in [-0.2, -0.15) is 5.10 Å². The first kappa shape index (κ1) is 21.2. The van der Waals surface area contributed by atoms with Gasteiger partial charge in [-0.3, -0.25) is 9.48 Å². The van der Waals surface area contributed by atoms with Crippen LogP contribution in [-0.4, -0.2) is 21.6 Å². The molecule has 33 heavy (non-hydrogen) atoms. The van der Waals surface area contributed by atoms with Gasteiger partial charge in [0.2, 0.25) is 0 Å². The van der Waals surface area contributed by atoms with Gasteiger partial charge >= 0.3 is 0 Å². The van der Waals surface area contributed by atoms with Gasteiger partial charge in [-0.05, 0) is 29.2 Å². The molecule has 1 heterocycles. The number of nitrogen functional groups attached to an aromatic ring is 1. The standard InChI is InChI=1S/C28H28N4O/c29-26-9-5-4-8-24(26)14-28(33)23-12-10-20(11-13-23)18-32-19-21(17-31-32)16-30-27-15-25(27)22-6-2-1-3-7-22/h1-13,17,19,25,27,30H,14-16,18,29H2. The molecule has 1 aliphatic carbocycles. The molecule has 2 atom stereocenters. The summed E-state index contributed by atoms with van der Waals surface area (Å²) in [6.45, 7) is 1.50. The number of carbonyl (C=O) groups is 1. The first-order chi connectivity index (χ1) is 16.2. The molecule has 0 radical (unpaired) electrons. The molecule has 1 fully saturated rings. The van der Waals surface area contributed by atoms with Crippen molar-refractivity contribution >= 4 is 11.5 Å². The van der Waals surface area contributed by atoms with E-state index >= 15 is 0 Å². The van der Waals surface area contributed by atoms with Gasteiger partial charge in [-0.15, -0.1) is 0 Å². The number of nitrogens with zero attached hydrogens (tertiary/aromatic N) is 2. The minimum atomic E-state index is 0.0702. The quantitative estimate of drug-likeness (QED) is 0.297. The largest absolute Gasteiger partial charge is 0.398 e. The normalized spacial score (nSPS) is 17.1. The molecule has 0 amide bonds. The summed E-state index contributed by atoms with van der Waals surface area (Å²) >= 11 is 0. The minimum Gasteiger partial charge on any atom is -0.398 e. The molecule has 2 unspecified atom stereocenters. The van der Waals surface area contributed by atoms with Gasteiger partial charge in [0.15, 0.2) is 5.78 Å². The van der Waals surface area contributed by atoms with Crippen molar-refractivity contribution in [2.24, 2.45) is 0 Å². The molecule has 5 nitrogen and oxygen atoms in total.